The van der Waals surface area contributed by atoms with Gasteiger partial charge in [0.1, 0.15) is 11.1 Å². The molecule has 0 aliphatic carbocycles. The minimum absolute atomic E-state index is 0.342. The number of benzene rings is 1. The number of aryl methyl sites for hydroxylation is 1. The fourth-order valence-electron chi connectivity index (χ4n) is 2.85. The van der Waals surface area contributed by atoms with Gasteiger partial charge in [-0.05, 0) is 37.5 Å². The number of fused-ring (bicyclic) bond motifs is 1. The Morgan fingerprint density at radius 2 is 2.04 bits per heavy atom. The molecule has 0 aromatic heterocycles. The highest BCUT2D eigenvalue weighted by Gasteiger charge is 2.41. The van der Waals surface area contributed by atoms with Gasteiger partial charge in [0, 0.05) is 12.4 Å². The molecule has 2 aliphatic rings. The van der Waals surface area contributed by atoms with Gasteiger partial charge in [0.05, 0.1) is 6.61 Å². The molecule has 0 saturated heterocycles. The highest BCUT2D eigenvalue weighted by atomic mass is 16.5. The van der Waals surface area contributed by atoms with Crippen LogP contribution >= 0.6 is 0 Å². The zero-order chi connectivity index (χ0) is 16.4. The Balaban J connectivity index is 1.91. The third kappa shape index (κ3) is 2.52. The van der Waals surface area contributed by atoms with Crippen LogP contribution in [0.1, 0.15) is 31.9 Å². The number of hydrogen-bond donors (Lipinski definition) is 1. The Labute approximate surface area is 136 Å². The molecular formula is C18H21N3O2. The lowest BCUT2D eigenvalue weighted by atomic mass is 9.89. The summed E-state index contributed by atoms with van der Waals surface area (Å²) in [6, 6.07) is 8.51. The highest BCUT2D eigenvalue weighted by molar-refractivity contribution is 6.20. The van der Waals surface area contributed by atoms with E-state index in [2.05, 4.69) is 48.5 Å². The molecule has 2 heterocycles. The zero-order valence-electron chi connectivity index (χ0n) is 13.7. The molecule has 1 unspecified atom stereocenters. The summed E-state index contributed by atoms with van der Waals surface area (Å²) in [7, 11) is 0. The summed E-state index contributed by atoms with van der Waals surface area (Å²) in [5.74, 6) is 0.230. The van der Waals surface area contributed by atoms with E-state index in [1.807, 2.05) is 11.1 Å². The minimum atomic E-state index is -0.423. The Morgan fingerprint density at radius 1 is 1.30 bits per heavy atom. The number of amidine groups is 1. The van der Waals surface area contributed by atoms with Crippen molar-refractivity contribution in [1.82, 2.24) is 10.4 Å². The van der Waals surface area contributed by atoms with Gasteiger partial charge in [0.2, 0.25) is 0 Å². The first-order valence-corrected chi connectivity index (χ1v) is 7.89. The van der Waals surface area contributed by atoms with E-state index >= 15 is 0 Å². The lowest BCUT2D eigenvalue weighted by Gasteiger charge is -2.40. The lowest BCUT2D eigenvalue weighted by Crippen LogP contribution is -2.51. The molecule has 1 N–H and O–H groups in total. The molecule has 3 rings (SSSR count). The summed E-state index contributed by atoms with van der Waals surface area (Å²) in [4.78, 5) is 16.4. The molecule has 0 radical (unpaired) electrons. The zero-order valence-corrected chi connectivity index (χ0v) is 13.7. The number of nitrogens with zero attached hydrogens (tertiary/aromatic N) is 2. The molecule has 5 nitrogen and oxygen atoms in total. The van der Waals surface area contributed by atoms with Crippen molar-refractivity contribution in [3.8, 4) is 0 Å². The number of carbonyl (C=O) groups excluding carboxylic acids is 1. The van der Waals surface area contributed by atoms with Gasteiger partial charge in [-0.25, -0.2) is 9.79 Å². The first kappa shape index (κ1) is 15.3. The topological polar surface area (TPSA) is 53.9 Å². The van der Waals surface area contributed by atoms with Crippen LogP contribution in [0, 0.1) is 0 Å². The molecular weight excluding hydrogens is 290 g/mol. The van der Waals surface area contributed by atoms with Crippen LogP contribution in [0.5, 0.6) is 0 Å². The van der Waals surface area contributed by atoms with Crippen LogP contribution in [0.25, 0.3) is 0 Å². The summed E-state index contributed by atoms with van der Waals surface area (Å²) in [6.07, 6.45) is 6.44. The third-order valence-corrected chi connectivity index (χ3v) is 4.29. The van der Waals surface area contributed by atoms with Crippen LogP contribution in [0.15, 0.2) is 53.3 Å². The van der Waals surface area contributed by atoms with E-state index in [0.717, 1.165) is 12.0 Å². The van der Waals surface area contributed by atoms with Gasteiger partial charge >= 0.3 is 5.97 Å². The highest BCUT2D eigenvalue weighted by Crippen LogP contribution is 2.35. The summed E-state index contributed by atoms with van der Waals surface area (Å²) in [5.41, 5.74) is 5.61. The molecule has 0 saturated carbocycles. The second-order valence-corrected chi connectivity index (χ2v) is 5.71. The number of rotatable bonds is 4. The molecule has 0 spiro atoms. The van der Waals surface area contributed by atoms with Gasteiger partial charge in [-0.2, -0.15) is 0 Å². The van der Waals surface area contributed by atoms with Gasteiger partial charge in [0.15, 0.2) is 5.84 Å². The molecule has 0 bridgehead atoms. The van der Waals surface area contributed by atoms with E-state index in [-0.39, 0.29) is 5.97 Å². The molecule has 0 amide bonds. The van der Waals surface area contributed by atoms with Crippen LogP contribution in [-0.4, -0.2) is 23.4 Å². The second-order valence-electron chi connectivity index (χ2n) is 5.71. The third-order valence-electron chi connectivity index (χ3n) is 4.29. The van der Waals surface area contributed by atoms with E-state index in [0.29, 0.717) is 18.0 Å². The predicted octanol–water partition coefficient (Wildman–Crippen LogP) is 2.66. The number of aliphatic imine (C=N–C) groups is 1. The van der Waals surface area contributed by atoms with Crippen molar-refractivity contribution in [2.24, 2.45) is 4.99 Å². The fourth-order valence-corrected chi connectivity index (χ4v) is 2.85. The molecule has 1 aromatic rings. The van der Waals surface area contributed by atoms with Gasteiger partial charge in [-0.1, -0.05) is 31.2 Å². The van der Waals surface area contributed by atoms with Crippen molar-refractivity contribution in [2.75, 3.05) is 6.61 Å². The summed E-state index contributed by atoms with van der Waals surface area (Å²) in [5, 5.41) is 1.90. The van der Waals surface area contributed by atoms with Crippen LogP contribution in [-0.2, 0) is 21.5 Å². The second kappa shape index (κ2) is 5.91. The predicted molar refractivity (Wildman–Crippen MR) is 89.4 cm³/mol. The monoisotopic (exact) mass is 311 g/mol. The fraction of sp³-hybridized carbons (Fsp3) is 0.333. The molecule has 120 valence electrons. The van der Waals surface area contributed by atoms with E-state index in [1.54, 1.807) is 19.3 Å². The molecule has 1 atom stereocenters. The summed E-state index contributed by atoms with van der Waals surface area (Å²) >= 11 is 0. The largest absolute Gasteiger partial charge is 0.462 e. The standard InChI is InChI=1S/C18H21N3O2/c1-4-13-6-8-14(9-7-13)18(3)10-11-19-16-15(12-20-21(16)18)17(22)23-5-2/h6-12,20H,4-5H2,1-3H3. The van der Waals surface area contributed by atoms with Crippen molar-refractivity contribution in [3.05, 3.63) is 59.4 Å². The first-order chi connectivity index (χ1) is 11.1. The molecule has 1 aromatic carbocycles. The molecule has 2 aliphatic heterocycles. The average Bonchev–Trinajstić information content (AvgIpc) is 3.01. The van der Waals surface area contributed by atoms with E-state index in [9.17, 15) is 4.79 Å². The van der Waals surface area contributed by atoms with Crippen molar-refractivity contribution in [1.29, 1.82) is 0 Å². The molecule has 0 fully saturated rings. The van der Waals surface area contributed by atoms with Crippen molar-refractivity contribution >= 4 is 11.8 Å². The van der Waals surface area contributed by atoms with E-state index < -0.39 is 5.54 Å². The van der Waals surface area contributed by atoms with Crippen LogP contribution in [0.2, 0.25) is 0 Å². The lowest BCUT2D eigenvalue weighted by molar-refractivity contribution is -0.137. The van der Waals surface area contributed by atoms with E-state index in [4.69, 9.17) is 4.74 Å². The van der Waals surface area contributed by atoms with Gasteiger partial charge < -0.3 is 10.2 Å². The number of ether oxygens (including phenoxy) is 1. The number of nitrogens with one attached hydrogen (secondary N) is 1. The van der Waals surface area contributed by atoms with Gasteiger partial charge in [-0.3, -0.25) is 5.01 Å². The van der Waals surface area contributed by atoms with Gasteiger partial charge in [-0.15, -0.1) is 0 Å². The quantitative estimate of drug-likeness (QED) is 0.869. The van der Waals surface area contributed by atoms with Crippen LogP contribution < -0.4 is 5.43 Å². The van der Waals surface area contributed by atoms with Crippen LogP contribution in [0.4, 0.5) is 0 Å². The van der Waals surface area contributed by atoms with Gasteiger partial charge in [0.25, 0.3) is 0 Å². The SMILES string of the molecule is CCOC(=O)C1=CNN2C1=NC=CC2(C)c1ccc(CC)cc1. The normalized spacial score (nSPS) is 22.1. The van der Waals surface area contributed by atoms with E-state index in [1.165, 1.54) is 5.56 Å². The Morgan fingerprint density at radius 3 is 2.70 bits per heavy atom. The summed E-state index contributed by atoms with van der Waals surface area (Å²) in [6.45, 7) is 6.36. The number of esters is 1. The number of hydrogen-bond acceptors (Lipinski definition) is 5. The maximum atomic E-state index is 12.1. The van der Waals surface area contributed by atoms with Crippen molar-refractivity contribution in [2.45, 2.75) is 32.7 Å². The number of hydrazine groups is 1. The maximum Gasteiger partial charge on any atom is 0.343 e. The van der Waals surface area contributed by atoms with Crippen LogP contribution in [0.3, 0.4) is 0 Å². The first-order valence-electron chi connectivity index (χ1n) is 7.89. The molecule has 5 heteroatoms. The maximum absolute atomic E-state index is 12.1. The van der Waals surface area contributed by atoms with Crippen molar-refractivity contribution in [3.63, 3.8) is 0 Å². The number of carbonyl (C=O) groups is 1. The Kier molecular flexibility index (Phi) is 3.94. The molecule has 23 heavy (non-hydrogen) atoms. The minimum Gasteiger partial charge on any atom is -0.462 e. The van der Waals surface area contributed by atoms with Crippen molar-refractivity contribution < 1.29 is 9.53 Å². The summed E-state index contributed by atoms with van der Waals surface area (Å²) < 4.78 is 5.10. The smallest absolute Gasteiger partial charge is 0.343 e. The Hall–Kier alpha value is -2.56. The average molecular weight is 311 g/mol. The Bertz CT molecular complexity index is 703.